The lowest BCUT2D eigenvalue weighted by Crippen LogP contribution is -2.68. The second-order valence-electron chi connectivity index (χ2n) is 6.78. The summed E-state index contributed by atoms with van der Waals surface area (Å²) in [6, 6.07) is 6.66. The number of hydrogen-bond acceptors (Lipinski definition) is 4. The Morgan fingerprint density at radius 1 is 1.19 bits per heavy atom. The standard InChI is InChI=1S/C20H23F3O4/c1-3-4-11-18(20(21,22)23)17-13-25-19(27-18,26-14-17)16-9-7-15(8-10-16)6-5-12-24-2/h7-10,17H,3-4,11-14H2,1-2H3. The first kappa shape index (κ1) is 20.2. The third-order valence-corrected chi connectivity index (χ3v) is 4.99. The van der Waals surface area contributed by atoms with Crippen molar-refractivity contribution >= 4 is 0 Å². The molecule has 1 atom stereocenters. The third kappa shape index (κ3) is 3.72. The minimum Gasteiger partial charge on any atom is -0.372 e. The first-order valence-corrected chi connectivity index (χ1v) is 9.00. The smallest absolute Gasteiger partial charge is 0.372 e. The minimum atomic E-state index is -4.50. The van der Waals surface area contributed by atoms with Gasteiger partial charge in [0.15, 0.2) is 5.60 Å². The molecule has 3 aliphatic rings. The molecule has 1 unspecified atom stereocenters. The fourth-order valence-electron chi connectivity index (χ4n) is 3.48. The zero-order valence-corrected chi connectivity index (χ0v) is 15.4. The molecule has 148 valence electrons. The Balaban J connectivity index is 1.90. The van der Waals surface area contributed by atoms with E-state index in [1.165, 1.54) is 0 Å². The third-order valence-electron chi connectivity index (χ3n) is 4.99. The van der Waals surface area contributed by atoms with E-state index in [2.05, 4.69) is 11.8 Å². The maximum Gasteiger partial charge on any atom is 0.418 e. The van der Waals surface area contributed by atoms with Crippen molar-refractivity contribution in [2.75, 3.05) is 26.9 Å². The maximum atomic E-state index is 14.0. The molecule has 7 heteroatoms. The highest BCUT2D eigenvalue weighted by Gasteiger charge is 2.69. The lowest BCUT2D eigenvalue weighted by Gasteiger charge is -2.56. The highest BCUT2D eigenvalue weighted by molar-refractivity contribution is 5.37. The van der Waals surface area contributed by atoms with Gasteiger partial charge in [-0.25, -0.2) is 0 Å². The molecule has 0 aliphatic carbocycles. The Hall–Kier alpha value is -1.59. The quantitative estimate of drug-likeness (QED) is 0.720. The Kier molecular flexibility index (Phi) is 5.82. The lowest BCUT2D eigenvalue weighted by molar-refractivity contribution is -0.533. The van der Waals surface area contributed by atoms with Gasteiger partial charge in [-0.3, -0.25) is 0 Å². The molecule has 3 aliphatic heterocycles. The molecule has 1 aromatic carbocycles. The second kappa shape index (κ2) is 7.80. The fraction of sp³-hybridized carbons (Fsp3) is 0.600. The first-order valence-electron chi connectivity index (χ1n) is 9.00. The van der Waals surface area contributed by atoms with E-state index in [0.29, 0.717) is 30.6 Å². The Morgan fingerprint density at radius 3 is 2.41 bits per heavy atom. The molecule has 0 aromatic heterocycles. The van der Waals surface area contributed by atoms with Crippen LogP contribution in [0, 0.1) is 17.8 Å². The fourth-order valence-corrected chi connectivity index (χ4v) is 3.48. The van der Waals surface area contributed by atoms with Gasteiger partial charge in [0.2, 0.25) is 0 Å². The monoisotopic (exact) mass is 384 g/mol. The molecule has 4 rings (SSSR count). The summed E-state index contributed by atoms with van der Waals surface area (Å²) in [4.78, 5) is 0. The summed E-state index contributed by atoms with van der Waals surface area (Å²) in [5.41, 5.74) is -1.15. The number of rotatable bonds is 5. The molecule has 4 nitrogen and oxygen atoms in total. The summed E-state index contributed by atoms with van der Waals surface area (Å²) in [6.45, 7) is 2.04. The SMILES string of the molecule is CCCCC1(C(F)(F)F)OC2(c3ccc(C#CCOC)cc3)OCC1CO2. The van der Waals surface area contributed by atoms with E-state index < -0.39 is 23.7 Å². The molecule has 2 bridgehead atoms. The van der Waals surface area contributed by atoms with E-state index >= 15 is 0 Å². The van der Waals surface area contributed by atoms with Crippen molar-refractivity contribution in [1.82, 2.24) is 0 Å². The molecular weight excluding hydrogens is 361 g/mol. The van der Waals surface area contributed by atoms with Crippen molar-refractivity contribution in [3.05, 3.63) is 35.4 Å². The van der Waals surface area contributed by atoms with Crippen LogP contribution in [0.15, 0.2) is 24.3 Å². The number of alkyl halides is 3. The molecule has 3 saturated heterocycles. The average molecular weight is 384 g/mol. The predicted molar refractivity (Wildman–Crippen MR) is 91.7 cm³/mol. The van der Waals surface area contributed by atoms with Gasteiger partial charge >= 0.3 is 12.1 Å². The van der Waals surface area contributed by atoms with Crippen molar-refractivity contribution in [1.29, 1.82) is 0 Å². The maximum absolute atomic E-state index is 14.0. The van der Waals surface area contributed by atoms with Gasteiger partial charge in [0, 0.05) is 24.2 Å². The zero-order chi connectivity index (χ0) is 19.5. The molecule has 3 heterocycles. The van der Waals surface area contributed by atoms with Gasteiger partial charge in [0.1, 0.15) is 6.61 Å². The molecule has 0 amide bonds. The summed E-state index contributed by atoms with van der Waals surface area (Å²) in [6.07, 6.45) is -3.54. The number of unbranched alkanes of at least 4 members (excludes halogenated alkanes) is 1. The molecular formula is C20H23F3O4. The van der Waals surface area contributed by atoms with Crippen molar-refractivity contribution in [2.24, 2.45) is 5.92 Å². The Bertz CT molecular complexity index is 697. The van der Waals surface area contributed by atoms with Crippen LogP contribution in [-0.2, 0) is 24.9 Å². The predicted octanol–water partition coefficient (Wildman–Crippen LogP) is 3.98. The number of hydrogen-bond donors (Lipinski definition) is 0. The highest BCUT2D eigenvalue weighted by atomic mass is 19.4. The van der Waals surface area contributed by atoms with Gasteiger partial charge in [-0.05, 0) is 30.7 Å². The zero-order valence-electron chi connectivity index (χ0n) is 15.4. The summed E-state index contributed by atoms with van der Waals surface area (Å²) < 4.78 is 63.8. The van der Waals surface area contributed by atoms with E-state index in [-0.39, 0.29) is 19.6 Å². The van der Waals surface area contributed by atoms with Gasteiger partial charge in [0.05, 0.1) is 13.2 Å². The molecule has 0 saturated carbocycles. The minimum absolute atomic E-state index is 0.0569. The van der Waals surface area contributed by atoms with Crippen molar-refractivity contribution in [3.63, 3.8) is 0 Å². The van der Waals surface area contributed by atoms with Gasteiger partial charge in [-0.2, -0.15) is 13.2 Å². The van der Waals surface area contributed by atoms with Crippen LogP contribution in [0.1, 0.15) is 37.3 Å². The van der Waals surface area contributed by atoms with Gasteiger partial charge in [-0.15, -0.1) is 0 Å². The molecule has 27 heavy (non-hydrogen) atoms. The van der Waals surface area contributed by atoms with Crippen LogP contribution in [0.25, 0.3) is 0 Å². The van der Waals surface area contributed by atoms with Crippen LogP contribution in [0.3, 0.4) is 0 Å². The topological polar surface area (TPSA) is 36.9 Å². The number of fused-ring (bicyclic) bond motifs is 3. The molecule has 3 fully saturated rings. The van der Waals surface area contributed by atoms with Crippen LogP contribution < -0.4 is 0 Å². The van der Waals surface area contributed by atoms with Crippen molar-refractivity contribution in [3.8, 4) is 11.8 Å². The Labute approximate surface area is 156 Å². The average Bonchev–Trinajstić information content (AvgIpc) is 2.67. The van der Waals surface area contributed by atoms with E-state index in [0.717, 1.165) is 0 Å². The number of ether oxygens (including phenoxy) is 4. The molecule has 0 spiro atoms. The lowest BCUT2D eigenvalue weighted by atomic mass is 9.80. The van der Waals surface area contributed by atoms with Gasteiger partial charge in [0.25, 0.3) is 0 Å². The van der Waals surface area contributed by atoms with Crippen LogP contribution in [0.2, 0.25) is 0 Å². The number of halogens is 3. The first-order chi connectivity index (χ1) is 12.9. The number of methoxy groups -OCH3 is 1. The van der Waals surface area contributed by atoms with E-state index in [1.807, 2.05) is 6.92 Å². The van der Waals surface area contributed by atoms with Crippen LogP contribution in [0.4, 0.5) is 13.2 Å². The normalized spacial score (nSPS) is 30.0. The molecule has 1 aromatic rings. The van der Waals surface area contributed by atoms with Crippen LogP contribution in [-0.4, -0.2) is 38.7 Å². The second-order valence-corrected chi connectivity index (χ2v) is 6.78. The molecule has 0 N–H and O–H groups in total. The van der Waals surface area contributed by atoms with Gasteiger partial charge < -0.3 is 18.9 Å². The largest absolute Gasteiger partial charge is 0.418 e. The van der Waals surface area contributed by atoms with Crippen molar-refractivity contribution in [2.45, 2.75) is 43.9 Å². The highest BCUT2D eigenvalue weighted by Crippen LogP contribution is 2.55. The van der Waals surface area contributed by atoms with E-state index in [1.54, 1.807) is 31.4 Å². The van der Waals surface area contributed by atoms with Crippen molar-refractivity contribution < 1.29 is 32.1 Å². The Morgan fingerprint density at radius 2 is 1.85 bits per heavy atom. The van der Waals surface area contributed by atoms with Crippen LogP contribution in [0.5, 0.6) is 0 Å². The summed E-state index contributed by atoms with van der Waals surface area (Å²) >= 11 is 0. The van der Waals surface area contributed by atoms with E-state index in [4.69, 9.17) is 18.9 Å². The van der Waals surface area contributed by atoms with Gasteiger partial charge in [-0.1, -0.05) is 31.6 Å². The summed E-state index contributed by atoms with van der Waals surface area (Å²) in [5.74, 6) is 3.02. The van der Waals surface area contributed by atoms with Crippen LogP contribution >= 0.6 is 0 Å². The number of benzene rings is 1. The molecule has 0 radical (unpaired) electrons. The van der Waals surface area contributed by atoms with E-state index in [9.17, 15) is 13.2 Å². The summed E-state index contributed by atoms with van der Waals surface area (Å²) in [7, 11) is 1.55. The summed E-state index contributed by atoms with van der Waals surface area (Å²) in [5, 5.41) is 0.